The van der Waals surface area contributed by atoms with Gasteiger partial charge in [0.1, 0.15) is 6.61 Å². The summed E-state index contributed by atoms with van der Waals surface area (Å²) in [6.07, 6.45) is -1.54. The second-order valence-electron chi connectivity index (χ2n) is 6.74. The molecule has 12 heteroatoms. The molecule has 0 radical (unpaired) electrons. The SMILES string of the molecule is COCCOCC(COCCOC)CC(O)COCCOC(=O)ON1C(=O)CCC1=O. The molecule has 0 spiro atoms. The van der Waals surface area contributed by atoms with E-state index in [1.807, 2.05) is 0 Å². The molecule has 0 aromatic rings. The Morgan fingerprint density at radius 2 is 1.39 bits per heavy atom. The van der Waals surface area contributed by atoms with Crippen LogP contribution in [0.25, 0.3) is 0 Å². The zero-order valence-electron chi connectivity index (χ0n) is 18.1. The van der Waals surface area contributed by atoms with Gasteiger partial charge in [-0.25, -0.2) is 4.79 Å². The number of hydroxylamine groups is 2. The summed E-state index contributed by atoms with van der Waals surface area (Å²) >= 11 is 0. The zero-order valence-corrected chi connectivity index (χ0v) is 18.1. The summed E-state index contributed by atoms with van der Waals surface area (Å²) in [5.74, 6) is -1.23. The molecule has 1 saturated heterocycles. The van der Waals surface area contributed by atoms with Crippen molar-refractivity contribution < 1.29 is 52.7 Å². The molecular formula is C19H33NO11. The fourth-order valence-electron chi connectivity index (χ4n) is 2.58. The zero-order chi connectivity index (χ0) is 22.9. The average Bonchev–Trinajstić information content (AvgIpc) is 3.05. The summed E-state index contributed by atoms with van der Waals surface area (Å²) in [5, 5.41) is 10.6. The van der Waals surface area contributed by atoms with Gasteiger partial charge in [0.2, 0.25) is 0 Å². The van der Waals surface area contributed by atoms with E-state index in [1.54, 1.807) is 14.2 Å². The monoisotopic (exact) mass is 451 g/mol. The number of aliphatic hydroxyl groups excluding tert-OH is 1. The van der Waals surface area contributed by atoms with Crippen LogP contribution in [0.1, 0.15) is 19.3 Å². The molecule has 1 unspecified atom stereocenters. The molecule has 0 aromatic heterocycles. The van der Waals surface area contributed by atoms with E-state index in [-0.39, 0.29) is 38.6 Å². The number of amides is 2. The van der Waals surface area contributed by atoms with Crippen molar-refractivity contribution in [1.82, 2.24) is 5.06 Å². The van der Waals surface area contributed by atoms with Crippen molar-refractivity contribution in [2.75, 3.05) is 73.7 Å². The highest BCUT2D eigenvalue weighted by Crippen LogP contribution is 2.12. The van der Waals surface area contributed by atoms with E-state index in [4.69, 9.17) is 28.4 Å². The summed E-state index contributed by atoms with van der Waals surface area (Å²) in [6.45, 7) is 2.51. The fourth-order valence-corrected chi connectivity index (χ4v) is 2.58. The van der Waals surface area contributed by atoms with Gasteiger partial charge in [-0.15, -0.1) is 0 Å². The lowest BCUT2D eigenvalue weighted by atomic mass is 10.0. The van der Waals surface area contributed by atoms with Crippen molar-refractivity contribution in [3.05, 3.63) is 0 Å². The molecule has 31 heavy (non-hydrogen) atoms. The van der Waals surface area contributed by atoms with E-state index in [2.05, 4.69) is 4.84 Å². The Balaban J connectivity index is 2.18. The van der Waals surface area contributed by atoms with E-state index in [1.165, 1.54) is 0 Å². The van der Waals surface area contributed by atoms with Gasteiger partial charge in [-0.2, -0.15) is 0 Å². The minimum Gasteiger partial charge on any atom is -0.430 e. The molecule has 1 atom stereocenters. The summed E-state index contributed by atoms with van der Waals surface area (Å²) in [5.41, 5.74) is 0. The van der Waals surface area contributed by atoms with Crippen LogP contribution in [0.2, 0.25) is 0 Å². The lowest BCUT2D eigenvalue weighted by Gasteiger charge is -2.20. The quantitative estimate of drug-likeness (QED) is 0.170. The molecular weight excluding hydrogens is 418 g/mol. The van der Waals surface area contributed by atoms with Crippen molar-refractivity contribution in [2.24, 2.45) is 5.92 Å². The van der Waals surface area contributed by atoms with Crippen LogP contribution < -0.4 is 0 Å². The van der Waals surface area contributed by atoms with Crippen LogP contribution in [0.3, 0.4) is 0 Å². The second kappa shape index (κ2) is 16.8. The van der Waals surface area contributed by atoms with Crippen LogP contribution >= 0.6 is 0 Å². The molecule has 0 saturated carbocycles. The molecule has 0 bridgehead atoms. The largest absolute Gasteiger partial charge is 0.534 e. The third-order valence-electron chi connectivity index (χ3n) is 4.11. The number of carbonyl (C=O) groups excluding carboxylic acids is 3. The predicted octanol–water partition coefficient (Wildman–Crippen LogP) is -0.0866. The maximum Gasteiger partial charge on any atom is 0.534 e. The first-order valence-corrected chi connectivity index (χ1v) is 10.1. The molecule has 1 rings (SSSR count). The Bertz CT molecular complexity index is 503. The molecule has 1 fully saturated rings. The van der Waals surface area contributed by atoms with E-state index in [0.717, 1.165) is 0 Å². The van der Waals surface area contributed by atoms with Gasteiger partial charge in [0.05, 0.1) is 59.0 Å². The lowest BCUT2D eigenvalue weighted by Crippen LogP contribution is -2.32. The topological polar surface area (TPSA) is 139 Å². The van der Waals surface area contributed by atoms with Crippen LogP contribution in [-0.4, -0.2) is 108 Å². The molecule has 1 aliphatic rings. The molecule has 1 heterocycles. The predicted molar refractivity (Wildman–Crippen MR) is 104 cm³/mol. The van der Waals surface area contributed by atoms with Crippen LogP contribution in [0.15, 0.2) is 0 Å². The minimum atomic E-state index is -1.17. The van der Waals surface area contributed by atoms with Crippen LogP contribution in [-0.2, 0) is 42.8 Å². The highest BCUT2D eigenvalue weighted by Gasteiger charge is 2.33. The van der Waals surface area contributed by atoms with Crippen LogP contribution in [0, 0.1) is 5.92 Å². The molecule has 0 aromatic carbocycles. The van der Waals surface area contributed by atoms with Gasteiger partial charge >= 0.3 is 6.16 Å². The molecule has 2 amide bonds. The van der Waals surface area contributed by atoms with Crippen molar-refractivity contribution in [3.8, 4) is 0 Å². The summed E-state index contributed by atoms with van der Waals surface area (Å²) in [4.78, 5) is 38.7. The van der Waals surface area contributed by atoms with Gasteiger partial charge in [-0.05, 0) is 6.42 Å². The summed E-state index contributed by atoms with van der Waals surface area (Å²) < 4.78 is 30.9. The van der Waals surface area contributed by atoms with Gasteiger partial charge in [0.25, 0.3) is 11.8 Å². The van der Waals surface area contributed by atoms with E-state index in [9.17, 15) is 19.5 Å². The third-order valence-corrected chi connectivity index (χ3v) is 4.11. The number of nitrogens with zero attached hydrogens (tertiary/aromatic N) is 1. The number of hydrogen-bond donors (Lipinski definition) is 1. The molecule has 0 aliphatic carbocycles. The van der Waals surface area contributed by atoms with E-state index >= 15 is 0 Å². The van der Waals surface area contributed by atoms with Gasteiger partial charge < -0.3 is 33.5 Å². The normalized spacial score (nSPS) is 15.0. The second-order valence-corrected chi connectivity index (χ2v) is 6.74. The van der Waals surface area contributed by atoms with Gasteiger partial charge in [-0.3, -0.25) is 14.4 Å². The fraction of sp³-hybridized carbons (Fsp3) is 0.842. The molecule has 1 aliphatic heterocycles. The summed E-state index contributed by atoms with van der Waals surface area (Å²) in [6, 6.07) is 0. The van der Waals surface area contributed by atoms with Crippen molar-refractivity contribution in [1.29, 1.82) is 0 Å². The Hall–Kier alpha value is -1.83. The standard InChI is InChI=1S/C19H33NO11/c1-25-5-7-27-12-15(13-28-8-6-26-2)11-16(21)14-29-9-10-30-19(24)31-20-17(22)3-4-18(20)23/h15-16,21H,3-14H2,1-2H3. The minimum absolute atomic E-state index is 0.00293. The first-order chi connectivity index (χ1) is 15.0. The number of methoxy groups -OCH3 is 2. The number of carbonyl (C=O) groups is 3. The van der Waals surface area contributed by atoms with E-state index < -0.39 is 24.1 Å². The number of rotatable bonds is 18. The van der Waals surface area contributed by atoms with E-state index in [0.29, 0.717) is 51.1 Å². The Labute approximate surface area is 181 Å². The number of ether oxygens (including phenoxy) is 6. The Morgan fingerprint density at radius 3 is 1.94 bits per heavy atom. The average molecular weight is 451 g/mol. The first kappa shape index (κ1) is 27.2. The Kier molecular flexibility index (Phi) is 14.8. The smallest absolute Gasteiger partial charge is 0.430 e. The number of aliphatic hydroxyl groups is 1. The van der Waals surface area contributed by atoms with Gasteiger partial charge in [-0.1, -0.05) is 5.06 Å². The highest BCUT2D eigenvalue weighted by molar-refractivity contribution is 6.01. The summed E-state index contributed by atoms with van der Waals surface area (Å²) in [7, 11) is 3.18. The molecule has 12 nitrogen and oxygen atoms in total. The maximum absolute atomic E-state index is 11.5. The first-order valence-electron chi connectivity index (χ1n) is 10.1. The lowest BCUT2D eigenvalue weighted by molar-refractivity contribution is -0.177. The van der Waals surface area contributed by atoms with Crippen molar-refractivity contribution in [2.45, 2.75) is 25.4 Å². The maximum atomic E-state index is 11.5. The van der Waals surface area contributed by atoms with Crippen LogP contribution in [0.4, 0.5) is 4.79 Å². The molecule has 1 N–H and O–H groups in total. The highest BCUT2D eigenvalue weighted by atomic mass is 16.8. The van der Waals surface area contributed by atoms with Crippen LogP contribution in [0.5, 0.6) is 0 Å². The number of imide groups is 1. The number of hydrogen-bond acceptors (Lipinski definition) is 11. The van der Waals surface area contributed by atoms with Crippen molar-refractivity contribution >= 4 is 18.0 Å². The third kappa shape index (κ3) is 12.6. The molecule has 180 valence electrons. The van der Waals surface area contributed by atoms with Gasteiger partial charge in [0, 0.05) is 33.0 Å². The van der Waals surface area contributed by atoms with Crippen molar-refractivity contribution in [3.63, 3.8) is 0 Å². The van der Waals surface area contributed by atoms with Gasteiger partial charge in [0.15, 0.2) is 0 Å². The Morgan fingerprint density at radius 1 is 0.871 bits per heavy atom.